The Hall–Kier alpha value is -1.58. The third-order valence-electron chi connectivity index (χ3n) is 3.42. The summed E-state index contributed by atoms with van der Waals surface area (Å²) in [5, 5.41) is 9.09. The quantitative estimate of drug-likeness (QED) is 0.702. The van der Waals surface area contributed by atoms with E-state index in [4.69, 9.17) is 5.11 Å². The lowest BCUT2D eigenvalue weighted by molar-refractivity contribution is -0.140. The van der Waals surface area contributed by atoms with Gasteiger partial charge in [-0.3, -0.25) is 4.79 Å². The van der Waals surface area contributed by atoms with E-state index in [-0.39, 0.29) is 5.92 Å². The molecule has 1 aromatic rings. The van der Waals surface area contributed by atoms with Gasteiger partial charge in [0.15, 0.2) is 0 Å². The Bertz CT molecular complexity index is 421. The van der Waals surface area contributed by atoms with Crippen molar-refractivity contribution < 1.29 is 9.90 Å². The molecule has 4 nitrogen and oxygen atoms in total. The lowest BCUT2D eigenvalue weighted by Crippen LogP contribution is -2.33. The average Bonchev–Trinajstić information content (AvgIpc) is 2.41. The molecule has 1 atom stereocenters. The molecule has 0 spiro atoms. The Morgan fingerprint density at radius 3 is 2.75 bits per heavy atom. The van der Waals surface area contributed by atoms with E-state index in [1.807, 2.05) is 19.1 Å². The Balaban J connectivity index is 2.70. The van der Waals surface area contributed by atoms with Gasteiger partial charge in [0, 0.05) is 19.3 Å². The molecule has 0 radical (unpaired) electrons. The van der Waals surface area contributed by atoms with E-state index >= 15 is 0 Å². The zero-order valence-electron chi connectivity index (χ0n) is 12.8. The number of nitrogens with zero attached hydrogens (tertiary/aromatic N) is 2. The fourth-order valence-corrected chi connectivity index (χ4v) is 2.13. The molecule has 0 saturated carbocycles. The van der Waals surface area contributed by atoms with Gasteiger partial charge in [-0.1, -0.05) is 33.1 Å². The summed E-state index contributed by atoms with van der Waals surface area (Å²) < 4.78 is 0. The molecular weight excluding hydrogens is 252 g/mol. The second kappa shape index (κ2) is 8.56. The van der Waals surface area contributed by atoms with Crippen molar-refractivity contribution in [3.8, 4) is 0 Å². The summed E-state index contributed by atoms with van der Waals surface area (Å²) in [7, 11) is 0. The Morgan fingerprint density at radius 2 is 2.15 bits per heavy atom. The van der Waals surface area contributed by atoms with E-state index in [1.165, 1.54) is 19.3 Å². The maximum Gasteiger partial charge on any atom is 0.308 e. The molecule has 20 heavy (non-hydrogen) atoms. The van der Waals surface area contributed by atoms with E-state index < -0.39 is 5.97 Å². The van der Waals surface area contributed by atoms with Crippen LogP contribution >= 0.6 is 0 Å². The number of aromatic nitrogens is 1. The third-order valence-corrected chi connectivity index (χ3v) is 3.42. The van der Waals surface area contributed by atoms with Gasteiger partial charge < -0.3 is 10.0 Å². The number of rotatable bonds is 9. The summed E-state index contributed by atoms with van der Waals surface area (Å²) in [4.78, 5) is 17.5. The lowest BCUT2D eigenvalue weighted by atomic mass is 10.1. The van der Waals surface area contributed by atoms with Crippen molar-refractivity contribution in [2.24, 2.45) is 5.92 Å². The van der Waals surface area contributed by atoms with Crippen molar-refractivity contribution >= 4 is 11.8 Å². The second-order valence-electron chi connectivity index (χ2n) is 5.44. The van der Waals surface area contributed by atoms with Gasteiger partial charge in [0.2, 0.25) is 0 Å². The first-order chi connectivity index (χ1) is 9.54. The van der Waals surface area contributed by atoms with Crippen LogP contribution in [-0.2, 0) is 4.79 Å². The Kier molecular flexibility index (Phi) is 7.05. The van der Waals surface area contributed by atoms with Gasteiger partial charge >= 0.3 is 5.97 Å². The van der Waals surface area contributed by atoms with Crippen LogP contribution in [0.2, 0.25) is 0 Å². The maximum absolute atomic E-state index is 11.1. The highest BCUT2D eigenvalue weighted by atomic mass is 16.4. The topological polar surface area (TPSA) is 53.4 Å². The molecule has 0 amide bonds. The molecule has 1 heterocycles. The van der Waals surface area contributed by atoms with Crippen molar-refractivity contribution in [1.82, 2.24) is 4.98 Å². The van der Waals surface area contributed by atoms with Gasteiger partial charge in [0.1, 0.15) is 5.82 Å². The van der Waals surface area contributed by atoms with E-state index in [0.29, 0.717) is 6.54 Å². The first-order valence-electron chi connectivity index (χ1n) is 7.45. The number of aryl methyl sites for hydroxylation is 1. The number of hydrogen-bond donors (Lipinski definition) is 1. The number of pyridine rings is 1. The van der Waals surface area contributed by atoms with Crippen molar-refractivity contribution in [1.29, 1.82) is 0 Å². The maximum atomic E-state index is 11.1. The molecule has 1 N–H and O–H groups in total. The van der Waals surface area contributed by atoms with E-state index in [9.17, 15) is 4.79 Å². The van der Waals surface area contributed by atoms with Crippen LogP contribution in [0, 0.1) is 12.8 Å². The molecule has 0 bridgehead atoms. The summed E-state index contributed by atoms with van der Waals surface area (Å²) >= 11 is 0. The number of carbonyl (C=O) groups is 1. The smallest absolute Gasteiger partial charge is 0.308 e. The summed E-state index contributed by atoms with van der Waals surface area (Å²) in [5.41, 5.74) is 1.15. The van der Waals surface area contributed by atoms with Gasteiger partial charge in [0.05, 0.1) is 5.92 Å². The number of anilines is 1. The van der Waals surface area contributed by atoms with Gasteiger partial charge in [-0.15, -0.1) is 0 Å². The van der Waals surface area contributed by atoms with Crippen LogP contribution in [0.1, 0.15) is 45.1 Å². The lowest BCUT2D eigenvalue weighted by Gasteiger charge is -2.25. The molecule has 0 fully saturated rings. The predicted octanol–water partition coefficient (Wildman–Crippen LogP) is 3.50. The van der Waals surface area contributed by atoms with Gasteiger partial charge in [-0.05, 0) is 31.0 Å². The highest BCUT2D eigenvalue weighted by Gasteiger charge is 2.17. The minimum Gasteiger partial charge on any atom is -0.481 e. The van der Waals surface area contributed by atoms with E-state index in [2.05, 4.69) is 16.8 Å². The minimum atomic E-state index is -0.754. The number of hydrogen-bond acceptors (Lipinski definition) is 3. The van der Waals surface area contributed by atoms with Crippen LogP contribution in [-0.4, -0.2) is 29.1 Å². The summed E-state index contributed by atoms with van der Waals surface area (Å²) in [6.07, 6.45) is 6.48. The molecule has 112 valence electrons. The van der Waals surface area contributed by atoms with Gasteiger partial charge in [-0.2, -0.15) is 0 Å². The summed E-state index contributed by atoms with van der Waals surface area (Å²) in [6.45, 7) is 7.34. The van der Waals surface area contributed by atoms with Crippen LogP contribution in [0.15, 0.2) is 18.3 Å². The van der Waals surface area contributed by atoms with E-state index in [0.717, 1.165) is 24.3 Å². The van der Waals surface area contributed by atoms with Crippen LogP contribution in [0.3, 0.4) is 0 Å². The number of aliphatic carboxylic acids is 1. The van der Waals surface area contributed by atoms with Gasteiger partial charge in [0.25, 0.3) is 0 Å². The normalized spacial score (nSPS) is 12.2. The van der Waals surface area contributed by atoms with Crippen LogP contribution < -0.4 is 4.90 Å². The van der Waals surface area contributed by atoms with Crippen molar-refractivity contribution in [3.63, 3.8) is 0 Å². The highest BCUT2D eigenvalue weighted by Crippen LogP contribution is 2.16. The number of carboxylic acids is 1. The minimum absolute atomic E-state index is 0.386. The molecule has 0 aliphatic heterocycles. The molecule has 1 unspecified atom stereocenters. The van der Waals surface area contributed by atoms with Crippen molar-refractivity contribution in [2.45, 2.75) is 46.5 Å². The molecule has 4 heteroatoms. The highest BCUT2D eigenvalue weighted by molar-refractivity contribution is 5.70. The van der Waals surface area contributed by atoms with Crippen LogP contribution in [0.25, 0.3) is 0 Å². The molecule has 0 saturated heterocycles. The molecule has 0 aliphatic carbocycles. The molecule has 1 aromatic heterocycles. The SMILES string of the molecule is CCCCCCN(CC(C)C(=O)O)c1cc(C)ccn1. The molecular formula is C16H26N2O2. The largest absolute Gasteiger partial charge is 0.481 e. The first-order valence-corrected chi connectivity index (χ1v) is 7.45. The molecule has 0 aliphatic rings. The zero-order valence-corrected chi connectivity index (χ0v) is 12.8. The number of carboxylic acid groups (broad SMARTS) is 1. The van der Waals surface area contributed by atoms with Crippen LogP contribution in [0.5, 0.6) is 0 Å². The second-order valence-corrected chi connectivity index (χ2v) is 5.44. The Morgan fingerprint density at radius 1 is 1.40 bits per heavy atom. The van der Waals surface area contributed by atoms with Crippen molar-refractivity contribution in [2.75, 3.05) is 18.0 Å². The predicted molar refractivity (Wildman–Crippen MR) is 82.1 cm³/mol. The molecule has 1 rings (SSSR count). The third kappa shape index (κ3) is 5.59. The van der Waals surface area contributed by atoms with Crippen molar-refractivity contribution in [3.05, 3.63) is 23.9 Å². The van der Waals surface area contributed by atoms with Gasteiger partial charge in [-0.25, -0.2) is 4.98 Å². The monoisotopic (exact) mass is 278 g/mol. The van der Waals surface area contributed by atoms with E-state index in [1.54, 1.807) is 13.1 Å². The zero-order chi connectivity index (χ0) is 15.0. The van der Waals surface area contributed by atoms with Crippen LogP contribution in [0.4, 0.5) is 5.82 Å². The fourth-order valence-electron chi connectivity index (χ4n) is 2.13. The Labute approximate surface area is 121 Å². The standard InChI is InChI=1S/C16H26N2O2/c1-4-5-6-7-10-18(12-14(3)16(19)20)15-11-13(2)8-9-17-15/h8-9,11,14H,4-7,10,12H2,1-3H3,(H,19,20). The average molecular weight is 278 g/mol. The summed E-state index contributed by atoms with van der Waals surface area (Å²) in [5.74, 6) is -0.255. The fraction of sp³-hybridized carbons (Fsp3) is 0.625. The summed E-state index contributed by atoms with van der Waals surface area (Å²) in [6, 6.07) is 3.98. The molecule has 0 aromatic carbocycles. The first kappa shape index (κ1) is 16.5. The number of unbranched alkanes of at least 4 members (excludes halogenated alkanes) is 3.